The largest absolute Gasteiger partial charge is 0.366 e. The van der Waals surface area contributed by atoms with E-state index in [0.717, 1.165) is 38.9 Å². The van der Waals surface area contributed by atoms with Crippen molar-refractivity contribution in [1.82, 2.24) is 9.29 Å². The summed E-state index contributed by atoms with van der Waals surface area (Å²) in [5, 5.41) is 3.62. The van der Waals surface area contributed by atoms with Gasteiger partial charge in [-0.25, -0.2) is 8.42 Å². The molecule has 10 heteroatoms. The molecule has 0 bridgehead atoms. The van der Waals surface area contributed by atoms with Crippen molar-refractivity contribution < 1.29 is 18.0 Å². The highest BCUT2D eigenvalue weighted by molar-refractivity contribution is 7.88. The van der Waals surface area contributed by atoms with Gasteiger partial charge in [0.05, 0.1) is 17.3 Å². The topological polar surface area (TPSA) is 125 Å². The molecule has 0 spiro atoms. The maximum atomic E-state index is 12.2. The van der Waals surface area contributed by atoms with E-state index in [1.165, 1.54) is 16.6 Å². The average Bonchev–Trinajstić information content (AvgIpc) is 3.25. The van der Waals surface area contributed by atoms with E-state index in [1.54, 1.807) is 12.1 Å². The molecule has 4 N–H and O–H groups in total. The van der Waals surface area contributed by atoms with Gasteiger partial charge in [0.15, 0.2) is 0 Å². The number of aromatic nitrogens is 1. The fourth-order valence-electron chi connectivity index (χ4n) is 4.32. The molecule has 0 unspecified atom stereocenters. The van der Waals surface area contributed by atoms with Gasteiger partial charge >= 0.3 is 0 Å². The Balaban J connectivity index is 1.82. The first-order valence-electron chi connectivity index (χ1n) is 10.9. The smallest absolute Gasteiger partial charge is 0.250 e. The molecular weight excluding hydrogens is 488 g/mol. The fraction of sp³-hybridized carbons (Fsp3) is 0.200. The molecule has 0 fully saturated rings. The number of H-pyrrole nitrogens is 1. The zero-order chi connectivity index (χ0) is 25.3. The molecule has 2 aromatic carbocycles. The van der Waals surface area contributed by atoms with Crippen LogP contribution in [0.4, 0.5) is 5.69 Å². The van der Waals surface area contributed by atoms with Crippen molar-refractivity contribution >= 4 is 55.6 Å². The summed E-state index contributed by atoms with van der Waals surface area (Å²) < 4.78 is 25.1. The Kier molecular flexibility index (Phi) is 6.84. The molecule has 35 heavy (non-hydrogen) atoms. The number of nitrogens with two attached hydrogens (primary N) is 1. The molecule has 1 aromatic heterocycles. The van der Waals surface area contributed by atoms with Gasteiger partial charge in [-0.3, -0.25) is 9.59 Å². The first-order valence-corrected chi connectivity index (χ1v) is 13.2. The van der Waals surface area contributed by atoms with Gasteiger partial charge in [-0.15, -0.1) is 0 Å². The van der Waals surface area contributed by atoms with Crippen LogP contribution in [0.15, 0.2) is 54.1 Å². The summed E-state index contributed by atoms with van der Waals surface area (Å²) in [7, 11) is -3.26. The van der Waals surface area contributed by atoms with Crippen LogP contribution in [0.1, 0.15) is 28.0 Å². The van der Waals surface area contributed by atoms with Gasteiger partial charge in [-0.1, -0.05) is 35.9 Å². The third kappa shape index (κ3) is 5.02. The molecule has 182 valence electrons. The highest BCUT2D eigenvalue weighted by atomic mass is 35.5. The van der Waals surface area contributed by atoms with Crippen molar-refractivity contribution in [2.24, 2.45) is 5.73 Å². The van der Waals surface area contributed by atoms with E-state index in [2.05, 4.69) is 10.3 Å². The van der Waals surface area contributed by atoms with Gasteiger partial charge in [-0.2, -0.15) is 4.31 Å². The van der Waals surface area contributed by atoms with Gasteiger partial charge in [-0.05, 0) is 53.8 Å². The number of amides is 2. The van der Waals surface area contributed by atoms with Gasteiger partial charge in [0, 0.05) is 41.5 Å². The van der Waals surface area contributed by atoms with Crippen LogP contribution < -0.4 is 11.1 Å². The fourth-order valence-corrected chi connectivity index (χ4v) is 5.21. The van der Waals surface area contributed by atoms with Crippen molar-refractivity contribution in [1.29, 1.82) is 0 Å². The average molecular weight is 513 g/mol. The lowest BCUT2D eigenvalue weighted by molar-refractivity contribution is -0.111. The summed E-state index contributed by atoms with van der Waals surface area (Å²) >= 11 is 5.51. The number of rotatable bonds is 6. The molecule has 0 saturated heterocycles. The summed E-state index contributed by atoms with van der Waals surface area (Å²) in [4.78, 5) is 27.5. The van der Waals surface area contributed by atoms with Crippen molar-refractivity contribution in [3.05, 3.63) is 70.9 Å². The van der Waals surface area contributed by atoms with Gasteiger partial charge < -0.3 is 16.0 Å². The zero-order valence-electron chi connectivity index (χ0n) is 19.3. The maximum Gasteiger partial charge on any atom is 0.250 e. The number of carbonyl (C=O) groups excluding carboxylic acids is 2. The molecule has 3 aromatic rings. The number of anilines is 1. The highest BCUT2D eigenvalue weighted by Crippen LogP contribution is 2.37. The van der Waals surface area contributed by atoms with Crippen LogP contribution in [0, 0.1) is 6.92 Å². The predicted octanol–water partition coefficient (Wildman–Crippen LogP) is 3.98. The second-order valence-electron chi connectivity index (χ2n) is 8.36. The third-order valence-corrected chi connectivity index (χ3v) is 7.54. The summed E-state index contributed by atoms with van der Waals surface area (Å²) in [6, 6.07) is 11.1. The predicted molar refractivity (Wildman–Crippen MR) is 140 cm³/mol. The van der Waals surface area contributed by atoms with E-state index in [-0.39, 0.29) is 12.5 Å². The molecule has 0 radical (unpaired) electrons. The minimum atomic E-state index is -3.26. The Bertz CT molecular complexity index is 1510. The van der Waals surface area contributed by atoms with Crippen LogP contribution in [-0.4, -0.2) is 48.9 Å². The Hall–Kier alpha value is -3.40. The molecule has 1 aliphatic rings. The number of halogens is 1. The lowest BCUT2D eigenvalue weighted by Crippen LogP contribution is -2.33. The van der Waals surface area contributed by atoms with Crippen molar-refractivity contribution in [2.45, 2.75) is 13.3 Å². The summed E-state index contributed by atoms with van der Waals surface area (Å²) in [6.45, 7) is 2.57. The van der Waals surface area contributed by atoms with E-state index in [1.807, 2.05) is 37.3 Å². The number of fused-ring (bicyclic) bond motifs is 1. The Morgan fingerprint density at radius 2 is 1.97 bits per heavy atom. The number of hydrogen-bond donors (Lipinski definition) is 3. The van der Waals surface area contributed by atoms with Crippen LogP contribution in [0.2, 0.25) is 0 Å². The van der Waals surface area contributed by atoms with Crippen LogP contribution in [-0.2, 0) is 14.8 Å². The number of primary amides is 1. The normalized spacial score (nSPS) is 14.9. The second kappa shape index (κ2) is 9.69. The van der Waals surface area contributed by atoms with Gasteiger partial charge in [0.2, 0.25) is 15.9 Å². The van der Waals surface area contributed by atoms with E-state index in [0.29, 0.717) is 29.7 Å². The number of nitrogens with zero attached hydrogens (tertiary/aromatic N) is 1. The lowest BCUT2D eigenvalue weighted by atomic mass is 9.94. The molecule has 0 aliphatic carbocycles. The molecule has 0 atom stereocenters. The molecule has 8 nitrogen and oxygen atoms in total. The molecule has 0 saturated carbocycles. The maximum absolute atomic E-state index is 12.2. The Labute approximate surface area is 208 Å². The Morgan fingerprint density at radius 3 is 2.60 bits per heavy atom. The molecule has 1 aliphatic heterocycles. The van der Waals surface area contributed by atoms with E-state index < -0.39 is 15.9 Å². The van der Waals surface area contributed by atoms with Crippen molar-refractivity contribution in [3.8, 4) is 11.1 Å². The van der Waals surface area contributed by atoms with E-state index in [9.17, 15) is 18.0 Å². The van der Waals surface area contributed by atoms with E-state index >= 15 is 0 Å². The highest BCUT2D eigenvalue weighted by Gasteiger charge is 2.22. The van der Waals surface area contributed by atoms with Crippen LogP contribution in [0.5, 0.6) is 0 Å². The Morgan fingerprint density at radius 1 is 1.20 bits per heavy atom. The van der Waals surface area contributed by atoms with Gasteiger partial charge in [0.1, 0.15) is 0 Å². The second-order valence-corrected chi connectivity index (χ2v) is 10.6. The van der Waals surface area contributed by atoms with Crippen LogP contribution in [0.25, 0.3) is 27.6 Å². The standard InChI is InChI=1S/C25H25ClN4O4S/c1-15-17(4-3-5-21(15)28-23(31)8-11-26)18-6-7-19(25(27)32)24-20(18)14-22(29-24)16-9-12-30(13-10-16)35(2,33)34/h3-9,11,14,29H,10,12-13H2,1-2H3,(H2,27,32)(H,28,31)/b11-8-. The van der Waals surface area contributed by atoms with E-state index in [4.69, 9.17) is 17.3 Å². The summed E-state index contributed by atoms with van der Waals surface area (Å²) in [6.07, 6.45) is 4.85. The number of aromatic amines is 1. The van der Waals surface area contributed by atoms with Crippen molar-refractivity contribution in [2.75, 3.05) is 24.7 Å². The number of hydrogen-bond acceptors (Lipinski definition) is 4. The minimum Gasteiger partial charge on any atom is -0.366 e. The monoisotopic (exact) mass is 512 g/mol. The first kappa shape index (κ1) is 24.7. The number of benzene rings is 2. The summed E-state index contributed by atoms with van der Waals surface area (Å²) in [5.41, 5.74) is 12.8. The van der Waals surface area contributed by atoms with Crippen LogP contribution in [0.3, 0.4) is 0 Å². The quantitative estimate of drug-likeness (QED) is 0.432. The minimum absolute atomic E-state index is 0.288. The van der Waals surface area contributed by atoms with Gasteiger partial charge in [0.25, 0.3) is 5.91 Å². The molecular formula is C25H25ClN4O4S. The third-order valence-electron chi connectivity index (χ3n) is 6.14. The molecule has 2 heterocycles. The zero-order valence-corrected chi connectivity index (χ0v) is 20.8. The number of nitrogens with one attached hydrogen (secondary N) is 2. The molecule has 2 amide bonds. The number of sulfonamides is 1. The van der Waals surface area contributed by atoms with Crippen molar-refractivity contribution in [3.63, 3.8) is 0 Å². The lowest BCUT2D eigenvalue weighted by Gasteiger charge is -2.23. The molecule has 4 rings (SSSR count). The first-order chi connectivity index (χ1) is 16.6. The van der Waals surface area contributed by atoms with Crippen LogP contribution >= 0.6 is 11.6 Å². The number of carbonyl (C=O) groups is 2. The summed E-state index contributed by atoms with van der Waals surface area (Å²) in [5.74, 6) is -0.896. The SMILES string of the molecule is Cc1c(NC(=O)/C=C\Cl)cccc1-c1ccc(C(N)=O)c2[nH]c(C3=CCN(S(C)(=O)=O)CC3)cc12.